The van der Waals surface area contributed by atoms with Crippen LogP contribution >= 0.6 is 15.9 Å². The number of nitrogens with zero attached hydrogens (tertiary/aromatic N) is 1. The summed E-state index contributed by atoms with van der Waals surface area (Å²) in [6.45, 7) is 1.25. The number of halogens is 2. The van der Waals surface area contributed by atoms with E-state index in [4.69, 9.17) is 0 Å². The van der Waals surface area contributed by atoms with Gasteiger partial charge in [0.25, 0.3) is 0 Å². The molecule has 14 heavy (non-hydrogen) atoms. The molecule has 0 fully saturated rings. The maximum absolute atomic E-state index is 13.1. The number of nitro benzene ring substituents is 1. The first-order chi connectivity index (χ1) is 6.43. The first-order valence-electron chi connectivity index (χ1n) is 3.58. The largest absolute Gasteiger partial charge is 0.306 e. The summed E-state index contributed by atoms with van der Waals surface area (Å²) in [5.74, 6) is -1.33. The lowest BCUT2D eigenvalue weighted by molar-refractivity contribution is -0.387. The first-order valence-corrected chi connectivity index (χ1v) is 4.37. The van der Waals surface area contributed by atoms with Crippen molar-refractivity contribution in [3.8, 4) is 0 Å². The zero-order valence-electron chi connectivity index (χ0n) is 7.08. The fraction of sp³-hybridized carbons (Fsp3) is 0.125. The minimum atomic E-state index is -0.972. The topological polar surface area (TPSA) is 60.2 Å². The number of benzene rings is 1. The second-order valence-electron chi connectivity index (χ2n) is 2.60. The van der Waals surface area contributed by atoms with Crippen molar-refractivity contribution >= 4 is 27.4 Å². The second-order valence-corrected chi connectivity index (χ2v) is 3.46. The molecule has 0 bridgehead atoms. The lowest BCUT2D eigenvalue weighted by atomic mass is 10.1. The predicted octanol–water partition coefficient (Wildman–Crippen LogP) is 2.70. The molecule has 0 unspecified atom stereocenters. The minimum Gasteiger partial charge on any atom is -0.295 e. The van der Waals surface area contributed by atoms with E-state index in [0.717, 1.165) is 6.07 Å². The van der Waals surface area contributed by atoms with E-state index >= 15 is 0 Å². The van der Waals surface area contributed by atoms with Crippen molar-refractivity contribution in [2.24, 2.45) is 0 Å². The van der Waals surface area contributed by atoms with E-state index in [9.17, 15) is 19.3 Å². The molecular formula is C8H5BrFNO3. The van der Waals surface area contributed by atoms with Crippen molar-refractivity contribution in [3.63, 3.8) is 0 Å². The summed E-state index contributed by atoms with van der Waals surface area (Å²) in [6.07, 6.45) is 0. The summed E-state index contributed by atoms with van der Waals surface area (Å²) in [6, 6.07) is 2.13. The summed E-state index contributed by atoms with van der Waals surface area (Å²) >= 11 is 2.80. The highest BCUT2D eigenvalue weighted by Gasteiger charge is 2.19. The molecule has 0 atom stereocenters. The molecule has 1 aromatic carbocycles. The monoisotopic (exact) mass is 261 g/mol. The number of hydrogen-bond donors (Lipinski definition) is 0. The lowest BCUT2D eigenvalue weighted by Crippen LogP contribution is -1.99. The molecule has 4 nitrogen and oxygen atoms in total. The molecule has 0 spiro atoms. The van der Waals surface area contributed by atoms with Gasteiger partial charge in [-0.2, -0.15) is 4.39 Å². The van der Waals surface area contributed by atoms with Gasteiger partial charge < -0.3 is 0 Å². The first kappa shape index (κ1) is 10.8. The molecule has 0 saturated heterocycles. The van der Waals surface area contributed by atoms with E-state index in [1.165, 1.54) is 13.0 Å². The molecule has 1 aromatic rings. The number of nitro groups is 1. The third kappa shape index (κ3) is 1.95. The number of ketones is 1. The number of Topliss-reactive ketones (excluding diaryl/α,β-unsaturated/α-hetero) is 1. The Bertz CT molecular complexity index is 419. The smallest absolute Gasteiger partial charge is 0.295 e. The zero-order valence-corrected chi connectivity index (χ0v) is 8.67. The van der Waals surface area contributed by atoms with Gasteiger partial charge in [0.15, 0.2) is 5.78 Å². The van der Waals surface area contributed by atoms with E-state index in [0.29, 0.717) is 0 Å². The SMILES string of the molecule is CC(=O)c1cc(Br)c(F)c([N+](=O)[O-])c1. The molecule has 0 saturated carbocycles. The molecular weight excluding hydrogens is 257 g/mol. The Morgan fingerprint density at radius 1 is 1.57 bits per heavy atom. The highest BCUT2D eigenvalue weighted by atomic mass is 79.9. The van der Waals surface area contributed by atoms with Crippen LogP contribution in [0.4, 0.5) is 10.1 Å². The van der Waals surface area contributed by atoms with Gasteiger partial charge in [0.05, 0.1) is 9.40 Å². The Morgan fingerprint density at radius 2 is 2.14 bits per heavy atom. The number of carbonyl (C=O) groups excluding carboxylic acids is 1. The number of rotatable bonds is 2. The Hall–Kier alpha value is -1.30. The van der Waals surface area contributed by atoms with Crippen molar-refractivity contribution in [1.29, 1.82) is 0 Å². The predicted molar refractivity (Wildman–Crippen MR) is 50.8 cm³/mol. The quantitative estimate of drug-likeness (QED) is 0.467. The van der Waals surface area contributed by atoms with Crippen LogP contribution < -0.4 is 0 Å². The van der Waals surface area contributed by atoms with Crippen LogP contribution in [0.25, 0.3) is 0 Å². The van der Waals surface area contributed by atoms with Crippen molar-refractivity contribution < 1.29 is 14.1 Å². The van der Waals surface area contributed by atoms with Crippen molar-refractivity contribution in [2.45, 2.75) is 6.92 Å². The normalized spacial score (nSPS) is 9.93. The van der Waals surface area contributed by atoms with Crippen molar-refractivity contribution in [1.82, 2.24) is 0 Å². The molecule has 0 amide bonds. The lowest BCUT2D eigenvalue weighted by Gasteiger charge is -1.99. The van der Waals surface area contributed by atoms with Crippen LogP contribution in [-0.4, -0.2) is 10.7 Å². The average molecular weight is 262 g/mol. The van der Waals surface area contributed by atoms with Crippen LogP contribution in [0.15, 0.2) is 16.6 Å². The molecule has 0 aliphatic heterocycles. The van der Waals surface area contributed by atoms with Crippen molar-refractivity contribution in [3.05, 3.63) is 38.1 Å². The van der Waals surface area contributed by atoms with Crippen LogP contribution in [0.5, 0.6) is 0 Å². The van der Waals surface area contributed by atoms with Gasteiger partial charge in [0.2, 0.25) is 5.82 Å². The summed E-state index contributed by atoms with van der Waals surface area (Å²) in [7, 11) is 0. The van der Waals surface area contributed by atoms with Gasteiger partial charge in [-0.15, -0.1) is 0 Å². The van der Waals surface area contributed by atoms with Gasteiger partial charge in [-0.25, -0.2) is 0 Å². The van der Waals surface area contributed by atoms with Crippen molar-refractivity contribution in [2.75, 3.05) is 0 Å². The van der Waals surface area contributed by atoms with Crippen LogP contribution in [-0.2, 0) is 0 Å². The van der Waals surface area contributed by atoms with Crippen LogP contribution in [0.2, 0.25) is 0 Å². The molecule has 1 rings (SSSR count). The highest BCUT2D eigenvalue weighted by Crippen LogP contribution is 2.26. The Balaban J connectivity index is 3.43. The molecule has 0 heterocycles. The molecule has 6 heteroatoms. The van der Waals surface area contributed by atoms with Gasteiger partial charge in [0, 0.05) is 11.6 Å². The summed E-state index contributed by atoms with van der Waals surface area (Å²) in [4.78, 5) is 20.4. The van der Waals surface area contributed by atoms with Crippen LogP contribution in [0, 0.1) is 15.9 Å². The van der Waals surface area contributed by atoms with Gasteiger partial charge >= 0.3 is 5.69 Å². The summed E-state index contributed by atoms with van der Waals surface area (Å²) < 4.78 is 13.0. The average Bonchev–Trinajstić information content (AvgIpc) is 2.08. The number of carbonyl (C=O) groups is 1. The Morgan fingerprint density at radius 3 is 2.57 bits per heavy atom. The van der Waals surface area contributed by atoms with Crippen LogP contribution in [0.1, 0.15) is 17.3 Å². The van der Waals surface area contributed by atoms with Gasteiger partial charge in [-0.1, -0.05) is 0 Å². The van der Waals surface area contributed by atoms with Gasteiger partial charge in [-0.05, 0) is 28.9 Å². The maximum Gasteiger partial charge on any atom is 0.306 e. The third-order valence-corrected chi connectivity index (χ3v) is 2.19. The van der Waals surface area contributed by atoms with E-state index in [2.05, 4.69) is 15.9 Å². The zero-order chi connectivity index (χ0) is 10.9. The molecule has 0 radical (unpaired) electrons. The summed E-state index contributed by atoms with van der Waals surface area (Å²) in [5, 5.41) is 10.4. The highest BCUT2D eigenvalue weighted by molar-refractivity contribution is 9.10. The summed E-state index contributed by atoms with van der Waals surface area (Å²) in [5.41, 5.74) is -0.602. The van der Waals surface area contributed by atoms with E-state index < -0.39 is 16.4 Å². The standard InChI is InChI=1S/C8H5BrFNO3/c1-4(12)5-2-6(9)8(10)7(3-5)11(13)14/h2-3H,1H3. The number of hydrogen-bond acceptors (Lipinski definition) is 3. The van der Waals surface area contributed by atoms with Crippen LogP contribution in [0.3, 0.4) is 0 Å². The van der Waals surface area contributed by atoms with E-state index in [-0.39, 0.29) is 15.8 Å². The Labute approximate surface area is 87.0 Å². The molecule has 74 valence electrons. The molecule has 0 aromatic heterocycles. The van der Waals surface area contributed by atoms with E-state index in [1.807, 2.05) is 0 Å². The fourth-order valence-electron chi connectivity index (χ4n) is 0.911. The fourth-order valence-corrected chi connectivity index (χ4v) is 1.36. The van der Waals surface area contributed by atoms with Gasteiger partial charge in [0.1, 0.15) is 0 Å². The minimum absolute atomic E-state index is 0.0862. The van der Waals surface area contributed by atoms with E-state index in [1.54, 1.807) is 0 Å². The second kappa shape index (κ2) is 3.83. The molecule has 0 N–H and O–H groups in total. The molecule has 0 aliphatic rings. The van der Waals surface area contributed by atoms with Gasteiger partial charge in [-0.3, -0.25) is 14.9 Å². The molecule has 0 aliphatic carbocycles. The third-order valence-electron chi connectivity index (χ3n) is 1.61. The Kier molecular flexibility index (Phi) is 2.95. The maximum atomic E-state index is 13.1.